The predicted octanol–water partition coefficient (Wildman–Crippen LogP) is 3.45. The van der Waals surface area contributed by atoms with Crippen LogP contribution in [0, 0.1) is 5.82 Å². The number of sulfonamides is 1. The molecule has 0 saturated heterocycles. The molecule has 1 amide bonds. The quantitative estimate of drug-likeness (QED) is 0.738. The smallest absolute Gasteiger partial charge is 0.262 e. The number of rotatable bonds is 7. The summed E-state index contributed by atoms with van der Waals surface area (Å²) >= 11 is 0. The van der Waals surface area contributed by atoms with E-state index in [4.69, 9.17) is 4.74 Å². The summed E-state index contributed by atoms with van der Waals surface area (Å²) in [5.74, 6) is -0.407. The first-order valence-electron chi connectivity index (χ1n) is 9.23. The fourth-order valence-corrected chi connectivity index (χ4v) is 4.41. The zero-order valence-electron chi connectivity index (χ0n) is 15.4. The van der Waals surface area contributed by atoms with Gasteiger partial charge in [0.15, 0.2) is 6.61 Å². The summed E-state index contributed by atoms with van der Waals surface area (Å²) in [6.45, 7) is -0.246. The zero-order chi connectivity index (χ0) is 20.0. The topological polar surface area (TPSA) is 84.5 Å². The van der Waals surface area contributed by atoms with Gasteiger partial charge in [-0.2, -0.15) is 0 Å². The van der Waals surface area contributed by atoms with Crippen LogP contribution in [-0.4, -0.2) is 27.0 Å². The molecule has 0 heterocycles. The summed E-state index contributed by atoms with van der Waals surface area (Å²) in [4.78, 5) is 12.1. The van der Waals surface area contributed by atoms with Gasteiger partial charge in [0, 0.05) is 11.7 Å². The van der Waals surface area contributed by atoms with Crippen molar-refractivity contribution in [2.45, 2.75) is 43.0 Å². The van der Waals surface area contributed by atoms with Crippen molar-refractivity contribution in [3.05, 3.63) is 54.3 Å². The first kappa shape index (κ1) is 20.3. The van der Waals surface area contributed by atoms with Crippen LogP contribution in [0.1, 0.15) is 32.1 Å². The van der Waals surface area contributed by atoms with Crippen LogP contribution in [0.4, 0.5) is 10.1 Å². The molecular weight excluding hydrogens is 383 g/mol. The predicted molar refractivity (Wildman–Crippen MR) is 104 cm³/mol. The van der Waals surface area contributed by atoms with E-state index in [1.165, 1.54) is 48.5 Å². The lowest BCUT2D eigenvalue weighted by Gasteiger charge is -2.22. The van der Waals surface area contributed by atoms with Crippen LogP contribution in [0.25, 0.3) is 0 Å². The Labute approximate surface area is 164 Å². The third-order valence-electron chi connectivity index (χ3n) is 4.56. The number of benzene rings is 2. The number of amides is 1. The molecule has 1 saturated carbocycles. The Morgan fingerprint density at radius 3 is 2.29 bits per heavy atom. The highest BCUT2D eigenvalue weighted by atomic mass is 32.2. The molecule has 0 unspecified atom stereocenters. The van der Waals surface area contributed by atoms with Crippen molar-refractivity contribution < 1.29 is 22.3 Å². The highest BCUT2D eigenvalue weighted by Gasteiger charge is 2.21. The van der Waals surface area contributed by atoms with Crippen LogP contribution in [0.5, 0.6) is 5.75 Å². The molecule has 0 aromatic heterocycles. The van der Waals surface area contributed by atoms with E-state index in [1.807, 2.05) is 0 Å². The SMILES string of the molecule is O=C(COc1ccc(S(=O)(=O)NC2CCCCC2)cc1)Nc1ccc(F)cc1. The average molecular weight is 406 g/mol. The van der Waals surface area contributed by atoms with Crippen LogP contribution in [-0.2, 0) is 14.8 Å². The molecule has 0 aliphatic heterocycles. The van der Waals surface area contributed by atoms with Gasteiger partial charge in [-0.3, -0.25) is 4.79 Å². The largest absolute Gasteiger partial charge is 0.484 e. The number of carbonyl (C=O) groups excluding carboxylic acids is 1. The van der Waals surface area contributed by atoms with Gasteiger partial charge in [0.1, 0.15) is 11.6 Å². The maximum atomic E-state index is 12.9. The Hall–Kier alpha value is -2.45. The third kappa shape index (κ3) is 5.77. The summed E-state index contributed by atoms with van der Waals surface area (Å²) < 4.78 is 45.9. The van der Waals surface area contributed by atoms with Crippen LogP contribution in [0.3, 0.4) is 0 Å². The first-order valence-corrected chi connectivity index (χ1v) is 10.7. The number of halogens is 1. The molecule has 8 heteroatoms. The van der Waals surface area contributed by atoms with Gasteiger partial charge in [-0.25, -0.2) is 17.5 Å². The van der Waals surface area contributed by atoms with E-state index in [0.29, 0.717) is 11.4 Å². The number of hydrogen-bond donors (Lipinski definition) is 2. The Morgan fingerprint density at radius 2 is 1.64 bits per heavy atom. The van der Waals surface area contributed by atoms with Crippen molar-refractivity contribution >= 4 is 21.6 Å². The Kier molecular flexibility index (Phi) is 6.64. The lowest BCUT2D eigenvalue weighted by atomic mass is 9.96. The fourth-order valence-electron chi connectivity index (χ4n) is 3.10. The van der Waals surface area contributed by atoms with Crippen molar-refractivity contribution in [3.8, 4) is 5.75 Å². The lowest BCUT2D eigenvalue weighted by molar-refractivity contribution is -0.118. The highest BCUT2D eigenvalue weighted by molar-refractivity contribution is 7.89. The maximum absolute atomic E-state index is 12.9. The van der Waals surface area contributed by atoms with E-state index in [2.05, 4.69) is 10.0 Å². The van der Waals surface area contributed by atoms with Gasteiger partial charge in [-0.15, -0.1) is 0 Å². The van der Waals surface area contributed by atoms with Gasteiger partial charge >= 0.3 is 0 Å². The third-order valence-corrected chi connectivity index (χ3v) is 6.10. The van der Waals surface area contributed by atoms with Gasteiger partial charge < -0.3 is 10.1 Å². The van der Waals surface area contributed by atoms with Crippen LogP contribution < -0.4 is 14.8 Å². The Morgan fingerprint density at radius 1 is 1.00 bits per heavy atom. The maximum Gasteiger partial charge on any atom is 0.262 e. The molecule has 1 aliphatic rings. The van der Waals surface area contributed by atoms with Crippen LogP contribution >= 0.6 is 0 Å². The second-order valence-corrected chi connectivity index (χ2v) is 8.49. The molecule has 2 N–H and O–H groups in total. The van der Waals surface area contributed by atoms with Crippen molar-refractivity contribution in [3.63, 3.8) is 0 Å². The second kappa shape index (κ2) is 9.16. The van der Waals surface area contributed by atoms with Crippen LogP contribution in [0.2, 0.25) is 0 Å². The summed E-state index contributed by atoms with van der Waals surface area (Å²) in [6, 6.07) is 11.3. The van der Waals surface area contributed by atoms with Gasteiger partial charge in [0.2, 0.25) is 10.0 Å². The van der Waals surface area contributed by atoms with Crippen molar-refractivity contribution in [2.75, 3.05) is 11.9 Å². The Balaban J connectivity index is 1.52. The number of carbonyl (C=O) groups is 1. The van der Waals surface area contributed by atoms with Gasteiger partial charge in [0.25, 0.3) is 5.91 Å². The van der Waals surface area contributed by atoms with Gasteiger partial charge in [-0.05, 0) is 61.4 Å². The summed E-state index contributed by atoms with van der Waals surface area (Å²) in [7, 11) is -3.57. The summed E-state index contributed by atoms with van der Waals surface area (Å²) in [5, 5.41) is 2.58. The molecule has 3 rings (SSSR count). The highest BCUT2D eigenvalue weighted by Crippen LogP contribution is 2.21. The van der Waals surface area contributed by atoms with E-state index in [9.17, 15) is 17.6 Å². The summed E-state index contributed by atoms with van der Waals surface area (Å²) in [6.07, 6.45) is 4.96. The first-order chi connectivity index (χ1) is 13.4. The molecule has 1 aliphatic carbocycles. The molecule has 0 radical (unpaired) electrons. The van der Waals surface area contributed by atoms with Crippen molar-refractivity contribution in [1.82, 2.24) is 4.72 Å². The molecule has 150 valence electrons. The monoisotopic (exact) mass is 406 g/mol. The molecule has 0 bridgehead atoms. The zero-order valence-corrected chi connectivity index (χ0v) is 16.2. The van der Waals surface area contributed by atoms with Crippen LogP contribution in [0.15, 0.2) is 53.4 Å². The van der Waals surface area contributed by atoms with Gasteiger partial charge in [0.05, 0.1) is 4.90 Å². The van der Waals surface area contributed by atoms with E-state index in [0.717, 1.165) is 32.1 Å². The van der Waals surface area contributed by atoms with Crippen molar-refractivity contribution in [2.24, 2.45) is 0 Å². The van der Waals surface area contributed by atoms with E-state index in [-0.39, 0.29) is 23.4 Å². The minimum atomic E-state index is -3.57. The number of ether oxygens (including phenoxy) is 1. The van der Waals surface area contributed by atoms with Crippen molar-refractivity contribution in [1.29, 1.82) is 0 Å². The van der Waals surface area contributed by atoms with Gasteiger partial charge in [-0.1, -0.05) is 19.3 Å². The molecule has 2 aromatic carbocycles. The number of anilines is 1. The Bertz CT molecular complexity index is 893. The second-order valence-electron chi connectivity index (χ2n) is 6.77. The van der Waals surface area contributed by atoms with E-state index < -0.39 is 15.9 Å². The molecule has 28 heavy (non-hydrogen) atoms. The van der Waals surface area contributed by atoms with E-state index >= 15 is 0 Å². The molecule has 0 atom stereocenters. The number of nitrogens with one attached hydrogen (secondary N) is 2. The molecule has 1 fully saturated rings. The van der Waals surface area contributed by atoms with E-state index in [1.54, 1.807) is 0 Å². The normalized spacial score (nSPS) is 15.2. The lowest BCUT2D eigenvalue weighted by Crippen LogP contribution is -2.36. The molecule has 0 spiro atoms. The molecule has 6 nitrogen and oxygen atoms in total. The standard InChI is InChI=1S/C20H23FN2O4S/c21-15-6-8-16(9-7-15)22-20(24)14-27-18-10-12-19(13-11-18)28(25,26)23-17-4-2-1-3-5-17/h6-13,17,23H,1-5,14H2,(H,22,24). The minimum Gasteiger partial charge on any atom is -0.484 e. The minimum absolute atomic E-state index is 0.00941. The fraction of sp³-hybridized carbons (Fsp3) is 0.350. The molecule has 2 aromatic rings. The summed E-state index contributed by atoms with van der Waals surface area (Å²) in [5.41, 5.74) is 0.463. The average Bonchev–Trinajstić information content (AvgIpc) is 2.69. The number of hydrogen-bond acceptors (Lipinski definition) is 4. The molecular formula is C20H23FN2O4S.